The Balaban J connectivity index is 1.71. The highest BCUT2D eigenvalue weighted by Gasteiger charge is 2.33. The zero-order chi connectivity index (χ0) is 18.5. The van der Waals surface area contributed by atoms with E-state index >= 15 is 0 Å². The lowest BCUT2D eigenvalue weighted by Crippen LogP contribution is -2.48. The maximum absolute atomic E-state index is 12.6. The van der Waals surface area contributed by atoms with E-state index in [1.165, 1.54) is 0 Å². The molecule has 2 aromatic rings. The van der Waals surface area contributed by atoms with E-state index in [2.05, 4.69) is 5.32 Å². The number of likely N-dealkylation sites (N-methyl/N-ethyl adjacent to an activating group) is 1. The van der Waals surface area contributed by atoms with E-state index in [9.17, 15) is 9.90 Å². The topological polar surface area (TPSA) is 71.0 Å². The van der Waals surface area contributed by atoms with Crippen LogP contribution in [0, 0.1) is 0 Å². The highest BCUT2D eigenvalue weighted by atomic mass is 16.5. The summed E-state index contributed by atoms with van der Waals surface area (Å²) in [5.74, 6) is 0.802. The Morgan fingerprint density at radius 3 is 2.58 bits per heavy atom. The van der Waals surface area contributed by atoms with Gasteiger partial charge in [-0.25, -0.2) is 4.79 Å². The second-order valence-corrected chi connectivity index (χ2v) is 6.17. The first kappa shape index (κ1) is 18.2. The lowest BCUT2D eigenvalue weighted by Gasteiger charge is -2.28. The van der Waals surface area contributed by atoms with Crippen molar-refractivity contribution >= 4 is 11.7 Å². The summed E-state index contributed by atoms with van der Waals surface area (Å²) in [4.78, 5) is 14.2. The summed E-state index contributed by atoms with van der Waals surface area (Å²) in [6.07, 6.45) is -0.645. The summed E-state index contributed by atoms with van der Waals surface area (Å²) >= 11 is 0. The van der Waals surface area contributed by atoms with Crippen LogP contribution in [0.2, 0.25) is 0 Å². The van der Waals surface area contributed by atoms with Crippen molar-refractivity contribution < 1.29 is 19.4 Å². The molecule has 0 radical (unpaired) electrons. The number of nitrogens with one attached hydrogen (secondary N) is 1. The second-order valence-electron chi connectivity index (χ2n) is 6.17. The third kappa shape index (κ3) is 3.81. The Morgan fingerprint density at radius 1 is 1.23 bits per heavy atom. The van der Waals surface area contributed by atoms with Gasteiger partial charge in [0.15, 0.2) is 0 Å². The Labute approximate surface area is 153 Å². The summed E-state index contributed by atoms with van der Waals surface area (Å²) in [5, 5.41) is 12.8. The number of aliphatic hydroxyl groups is 1. The average molecular weight is 356 g/mol. The number of ether oxygens (including phenoxy) is 2. The van der Waals surface area contributed by atoms with Crippen molar-refractivity contribution in [3.05, 3.63) is 48.5 Å². The van der Waals surface area contributed by atoms with Crippen LogP contribution in [0.15, 0.2) is 48.5 Å². The maximum atomic E-state index is 12.6. The van der Waals surface area contributed by atoms with Gasteiger partial charge in [-0.05, 0) is 30.7 Å². The Bertz CT molecular complexity index is 748. The molecule has 2 aromatic carbocycles. The van der Waals surface area contributed by atoms with Crippen LogP contribution < -0.4 is 10.1 Å². The average Bonchev–Trinajstić information content (AvgIpc) is 3.09. The highest BCUT2D eigenvalue weighted by molar-refractivity contribution is 5.90. The van der Waals surface area contributed by atoms with Crippen molar-refractivity contribution in [3.8, 4) is 16.9 Å². The van der Waals surface area contributed by atoms with Crippen LogP contribution in [-0.2, 0) is 4.74 Å². The van der Waals surface area contributed by atoms with Crippen LogP contribution in [0.3, 0.4) is 0 Å². The first-order chi connectivity index (χ1) is 12.6. The molecule has 0 spiro atoms. The fraction of sp³-hybridized carbons (Fsp3) is 0.350. The number of methoxy groups -OCH3 is 1. The number of nitrogens with zero attached hydrogens (tertiary/aromatic N) is 1. The number of rotatable bonds is 5. The minimum Gasteiger partial charge on any atom is -0.496 e. The third-order valence-corrected chi connectivity index (χ3v) is 4.58. The smallest absolute Gasteiger partial charge is 0.322 e. The van der Waals surface area contributed by atoms with Gasteiger partial charge in [-0.1, -0.05) is 30.3 Å². The zero-order valence-corrected chi connectivity index (χ0v) is 15.0. The molecule has 2 amide bonds. The quantitative estimate of drug-likeness (QED) is 0.864. The molecule has 3 rings (SSSR count). The third-order valence-electron chi connectivity index (χ3n) is 4.58. The van der Waals surface area contributed by atoms with Gasteiger partial charge in [0, 0.05) is 17.8 Å². The van der Waals surface area contributed by atoms with E-state index in [0.717, 1.165) is 16.9 Å². The van der Waals surface area contributed by atoms with Gasteiger partial charge in [-0.2, -0.15) is 0 Å². The highest BCUT2D eigenvalue weighted by Crippen LogP contribution is 2.30. The molecule has 0 aromatic heterocycles. The molecule has 2 N–H and O–H groups in total. The van der Waals surface area contributed by atoms with E-state index in [-0.39, 0.29) is 18.7 Å². The van der Waals surface area contributed by atoms with Crippen LogP contribution in [0.25, 0.3) is 11.1 Å². The van der Waals surface area contributed by atoms with Crippen molar-refractivity contribution in [3.63, 3.8) is 0 Å². The second kappa shape index (κ2) is 8.21. The predicted molar refractivity (Wildman–Crippen MR) is 100 cm³/mol. The first-order valence-electron chi connectivity index (χ1n) is 8.71. The van der Waals surface area contributed by atoms with Gasteiger partial charge in [0.05, 0.1) is 32.5 Å². The van der Waals surface area contributed by atoms with E-state index in [0.29, 0.717) is 18.8 Å². The molecule has 0 unspecified atom stereocenters. The van der Waals surface area contributed by atoms with Crippen LogP contribution in [-0.4, -0.2) is 55.1 Å². The predicted octanol–water partition coefficient (Wildman–Crippen LogP) is 2.98. The van der Waals surface area contributed by atoms with Gasteiger partial charge in [-0.3, -0.25) is 0 Å². The van der Waals surface area contributed by atoms with Crippen LogP contribution in [0.4, 0.5) is 10.5 Å². The molecule has 0 bridgehead atoms. The monoisotopic (exact) mass is 356 g/mol. The van der Waals surface area contributed by atoms with E-state index < -0.39 is 6.10 Å². The molecule has 6 heteroatoms. The van der Waals surface area contributed by atoms with Crippen molar-refractivity contribution in [2.45, 2.75) is 19.1 Å². The standard InChI is InChI=1S/C20H24N2O4/c1-3-22(17-12-26-13-18(17)23)20(24)21-15-10-8-14(9-11-15)16-6-4-5-7-19(16)25-2/h4-11,17-18,23H,3,12-13H2,1-2H3,(H,21,24)/t17-,18-/m0/s1. The Kier molecular flexibility index (Phi) is 5.75. The molecule has 6 nitrogen and oxygen atoms in total. The number of carbonyl (C=O) groups is 1. The number of amides is 2. The van der Waals surface area contributed by atoms with Crippen molar-refractivity contribution in [2.75, 3.05) is 32.2 Å². The molecular formula is C20H24N2O4. The normalized spacial score (nSPS) is 19.2. The molecule has 26 heavy (non-hydrogen) atoms. The zero-order valence-electron chi connectivity index (χ0n) is 15.0. The molecule has 2 atom stereocenters. The number of urea groups is 1. The van der Waals surface area contributed by atoms with Gasteiger partial charge < -0.3 is 24.8 Å². The van der Waals surface area contributed by atoms with E-state index in [1.807, 2.05) is 55.5 Å². The van der Waals surface area contributed by atoms with Crippen LogP contribution in [0.1, 0.15) is 6.92 Å². The number of benzene rings is 2. The number of hydrogen-bond acceptors (Lipinski definition) is 4. The molecule has 0 aliphatic carbocycles. The van der Waals surface area contributed by atoms with Gasteiger partial charge in [0.2, 0.25) is 0 Å². The van der Waals surface area contributed by atoms with Crippen molar-refractivity contribution in [1.82, 2.24) is 4.90 Å². The molecule has 138 valence electrons. The van der Waals surface area contributed by atoms with Crippen molar-refractivity contribution in [2.24, 2.45) is 0 Å². The molecular weight excluding hydrogens is 332 g/mol. The van der Waals surface area contributed by atoms with E-state index in [1.54, 1.807) is 12.0 Å². The number of carbonyl (C=O) groups excluding carboxylic acids is 1. The summed E-state index contributed by atoms with van der Waals surface area (Å²) in [5.41, 5.74) is 2.70. The first-order valence-corrected chi connectivity index (χ1v) is 8.71. The largest absolute Gasteiger partial charge is 0.496 e. The fourth-order valence-electron chi connectivity index (χ4n) is 3.17. The van der Waals surface area contributed by atoms with Crippen LogP contribution >= 0.6 is 0 Å². The van der Waals surface area contributed by atoms with Gasteiger partial charge in [-0.15, -0.1) is 0 Å². The lowest BCUT2D eigenvalue weighted by atomic mass is 10.0. The molecule has 1 saturated heterocycles. The summed E-state index contributed by atoms with van der Waals surface area (Å²) in [6.45, 7) is 3.00. The van der Waals surface area contributed by atoms with Crippen LogP contribution in [0.5, 0.6) is 5.75 Å². The Hall–Kier alpha value is -2.57. The number of aliphatic hydroxyl groups excluding tert-OH is 1. The number of hydrogen-bond donors (Lipinski definition) is 2. The molecule has 0 saturated carbocycles. The van der Waals surface area contributed by atoms with Gasteiger partial charge >= 0.3 is 6.03 Å². The fourth-order valence-corrected chi connectivity index (χ4v) is 3.17. The minimum atomic E-state index is -0.645. The summed E-state index contributed by atoms with van der Waals surface area (Å²) < 4.78 is 10.7. The van der Waals surface area contributed by atoms with Gasteiger partial charge in [0.25, 0.3) is 0 Å². The molecule has 1 aliphatic rings. The molecule has 1 heterocycles. The minimum absolute atomic E-state index is 0.243. The summed E-state index contributed by atoms with van der Waals surface area (Å²) in [6, 6.07) is 14.8. The lowest BCUT2D eigenvalue weighted by molar-refractivity contribution is 0.1000. The van der Waals surface area contributed by atoms with E-state index in [4.69, 9.17) is 9.47 Å². The number of para-hydroxylation sites is 1. The SMILES string of the molecule is CCN(C(=O)Nc1ccc(-c2ccccc2OC)cc1)[C@H]1COC[C@@H]1O. The Morgan fingerprint density at radius 2 is 1.96 bits per heavy atom. The van der Waals surface area contributed by atoms with Crippen molar-refractivity contribution in [1.29, 1.82) is 0 Å². The number of anilines is 1. The maximum Gasteiger partial charge on any atom is 0.322 e. The van der Waals surface area contributed by atoms with Gasteiger partial charge in [0.1, 0.15) is 5.75 Å². The molecule has 1 aliphatic heterocycles. The summed E-state index contributed by atoms with van der Waals surface area (Å²) in [7, 11) is 1.65. The molecule has 1 fully saturated rings.